The van der Waals surface area contributed by atoms with Crippen molar-refractivity contribution < 1.29 is 34.8 Å². The maximum absolute atomic E-state index is 13.7. The van der Waals surface area contributed by atoms with Gasteiger partial charge in [0.15, 0.2) is 11.4 Å². The minimum Gasteiger partial charge on any atom is -0.510 e. The van der Waals surface area contributed by atoms with Gasteiger partial charge in [0, 0.05) is 23.3 Å². The van der Waals surface area contributed by atoms with Crippen molar-refractivity contribution in [2.75, 3.05) is 14.1 Å². The fourth-order valence-electron chi connectivity index (χ4n) is 6.31. The topological polar surface area (TPSA) is 161 Å². The Kier molecular flexibility index (Phi) is 5.31. The number of phenolic OH excluding ortho intramolecular Hbond substituents is 1. The summed E-state index contributed by atoms with van der Waals surface area (Å²) in [6.45, 7) is 0. The highest BCUT2D eigenvalue weighted by atomic mass is 16.3. The molecule has 36 heavy (non-hydrogen) atoms. The van der Waals surface area contributed by atoms with Crippen LogP contribution in [0.3, 0.4) is 0 Å². The number of hydrogen-bond acceptors (Lipinski definition) is 8. The van der Waals surface area contributed by atoms with E-state index in [9.17, 15) is 34.8 Å². The van der Waals surface area contributed by atoms with Gasteiger partial charge in [0.25, 0.3) is 5.91 Å². The van der Waals surface area contributed by atoms with Crippen LogP contribution < -0.4 is 5.73 Å². The molecule has 9 heteroatoms. The first-order valence-electron chi connectivity index (χ1n) is 11.5. The molecule has 2 aromatic carbocycles. The van der Waals surface area contributed by atoms with E-state index in [2.05, 4.69) is 0 Å². The molecule has 9 nitrogen and oxygen atoms in total. The molecule has 0 bridgehead atoms. The van der Waals surface area contributed by atoms with Gasteiger partial charge in [-0.2, -0.15) is 0 Å². The molecule has 0 spiro atoms. The molecule has 0 saturated heterocycles. The Morgan fingerprint density at radius 1 is 1.03 bits per heavy atom. The van der Waals surface area contributed by atoms with Gasteiger partial charge in [-0.05, 0) is 37.7 Å². The van der Waals surface area contributed by atoms with Crippen LogP contribution in [-0.4, -0.2) is 68.5 Å². The molecule has 6 N–H and O–H groups in total. The third-order valence-electron chi connectivity index (χ3n) is 7.77. The molecular formula is C27H26N2O7. The number of likely N-dealkylation sites (N-methyl/N-ethyl adjacent to an activating group) is 1. The lowest BCUT2D eigenvalue weighted by Crippen LogP contribution is -2.64. The van der Waals surface area contributed by atoms with Gasteiger partial charge in [-0.3, -0.25) is 19.3 Å². The van der Waals surface area contributed by atoms with E-state index in [-0.39, 0.29) is 23.3 Å². The van der Waals surface area contributed by atoms with Gasteiger partial charge in [0.1, 0.15) is 22.8 Å². The van der Waals surface area contributed by atoms with E-state index in [1.807, 2.05) is 30.3 Å². The first-order valence-corrected chi connectivity index (χ1v) is 11.5. The monoisotopic (exact) mass is 490 g/mol. The Morgan fingerprint density at radius 2 is 1.69 bits per heavy atom. The SMILES string of the molecule is CN(C)[C@@H]1C(O)=C(C(N)=O)C(=O)[C@@]2(O)C(O)=C3C(=O)c4c(O)cccc4[C@H](c4ccccc4)[C@H]3C[C@@H]12. The number of aromatic hydroxyl groups is 1. The molecule has 0 radical (unpaired) electrons. The van der Waals surface area contributed by atoms with Crippen molar-refractivity contribution in [2.24, 2.45) is 17.6 Å². The minimum atomic E-state index is -2.67. The van der Waals surface area contributed by atoms with Crippen LogP contribution >= 0.6 is 0 Å². The number of Topliss-reactive ketones (excluding diaryl/α,β-unsaturated/α-hetero) is 2. The molecule has 5 rings (SSSR count). The van der Waals surface area contributed by atoms with E-state index in [0.29, 0.717) is 5.56 Å². The summed E-state index contributed by atoms with van der Waals surface area (Å²) < 4.78 is 0. The van der Waals surface area contributed by atoms with Crippen LogP contribution in [0.5, 0.6) is 5.75 Å². The Morgan fingerprint density at radius 3 is 2.31 bits per heavy atom. The molecule has 186 valence electrons. The Balaban J connectivity index is 1.82. The number of fused-ring (bicyclic) bond motifs is 3. The summed E-state index contributed by atoms with van der Waals surface area (Å²) in [6, 6.07) is 12.9. The fourth-order valence-corrected chi connectivity index (χ4v) is 6.31. The van der Waals surface area contributed by atoms with E-state index in [4.69, 9.17) is 5.73 Å². The maximum atomic E-state index is 13.7. The van der Waals surface area contributed by atoms with Crippen molar-refractivity contribution >= 4 is 17.5 Å². The zero-order valence-electron chi connectivity index (χ0n) is 19.7. The summed E-state index contributed by atoms with van der Waals surface area (Å²) in [5.41, 5.74) is 3.02. The number of ketones is 2. The van der Waals surface area contributed by atoms with Gasteiger partial charge in [-0.15, -0.1) is 0 Å². The van der Waals surface area contributed by atoms with Crippen LogP contribution in [0.2, 0.25) is 0 Å². The highest BCUT2D eigenvalue weighted by Gasteiger charge is 2.64. The van der Waals surface area contributed by atoms with Crippen LogP contribution in [0, 0.1) is 11.8 Å². The van der Waals surface area contributed by atoms with Crippen molar-refractivity contribution in [1.82, 2.24) is 4.90 Å². The molecule has 5 atom stereocenters. The van der Waals surface area contributed by atoms with Crippen molar-refractivity contribution in [3.8, 4) is 5.75 Å². The van der Waals surface area contributed by atoms with E-state index >= 15 is 0 Å². The van der Waals surface area contributed by atoms with Crippen molar-refractivity contribution in [2.45, 2.75) is 24.0 Å². The standard InChI is InChI=1S/C27H26N2O7/c1-29(2)21-15-11-14-17(12-7-4-3-5-8-12)13-9-6-10-16(30)18(13)22(31)19(14)24(33)27(15,36)25(34)20(23(21)32)26(28)35/h3-10,14-15,17,21,30,32-33,36H,11H2,1-2H3,(H2,28,35)/t14-,15+,17+,21+,27+/m1/s1. The molecule has 2 aromatic rings. The lowest BCUT2D eigenvalue weighted by Gasteiger charge is -2.51. The third kappa shape index (κ3) is 2.99. The predicted octanol–water partition coefficient (Wildman–Crippen LogP) is 1.71. The van der Waals surface area contributed by atoms with Gasteiger partial charge < -0.3 is 26.2 Å². The number of aliphatic hydroxyl groups excluding tert-OH is 2. The second kappa shape index (κ2) is 8.04. The van der Waals surface area contributed by atoms with Gasteiger partial charge in [-0.1, -0.05) is 42.5 Å². The number of nitrogens with two attached hydrogens (primary N) is 1. The van der Waals surface area contributed by atoms with Crippen LogP contribution in [0.15, 0.2) is 71.2 Å². The largest absolute Gasteiger partial charge is 0.510 e. The van der Waals surface area contributed by atoms with Crippen molar-refractivity contribution in [1.29, 1.82) is 0 Å². The van der Waals surface area contributed by atoms with Crippen molar-refractivity contribution in [3.63, 3.8) is 0 Å². The molecule has 0 fully saturated rings. The summed E-state index contributed by atoms with van der Waals surface area (Å²) in [5.74, 6) is -7.28. The lowest BCUT2D eigenvalue weighted by molar-refractivity contribution is -0.148. The highest BCUT2D eigenvalue weighted by molar-refractivity contribution is 6.24. The Bertz CT molecular complexity index is 1380. The van der Waals surface area contributed by atoms with Gasteiger partial charge in [0.2, 0.25) is 5.78 Å². The van der Waals surface area contributed by atoms with Gasteiger partial charge >= 0.3 is 0 Å². The van der Waals surface area contributed by atoms with Crippen LogP contribution in [0.4, 0.5) is 0 Å². The van der Waals surface area contributed by atoms with Gasteiger partial charge in [0.05, 0.1) is 11.6 Å². The molecule has 0 unspecified atom stereocenters. The lowest BCUT2D eigenvalue weighted by atomic mass is 9.55. The molecule has 0 aromatic heterocycles. The molecule has 1 amide bonds. The number of hydrogen-bond donors (Lipinski definition) is 5. The average Bonchev–Trinajstić information content (AvgIpc) is 2.81. The zero-order valence-corrected chi connectivity index (χ0v) is 19.7. The van der Waals surface area contributed by atoms with Crippen molar-refractivity contribution in [3.05, 3.63) is 87.9 Å². The van der Waals surface area contributed by atoms with Gasteiger partial charge in [-0.25, -0.2) is 0 Å². The number of aliphatic hydroxyl groups is 3. The van der Waals surface area contributed by atoms with E-state index < -0.39 is 64.0 Å². The second-order valence-corrected chi connectivity index (χ2v) is 9.80. The number of carbonyl (C=O) groups excluding carboxylic acids is 3. The number of benzene rings is 2. The first-order chi connectivity index (χ1) is 17.0. The number of primary amides is 1. The van der Waals surface area contributed by atoms with E-state index in [1.165, 1.54) is 11.0 Å². The zero-order chi connectivity index (χ0) is 26.1. The number of allylic oxidation sites excluding steroid dienone is 1. The third-order valence-corrected chi connectivity index (χ3v) is 7.77. The number of amides is 1. The predicted molar refractivity (Wildman–Crippen MR) is 128 cm³/mol. The second-order valence-electron chi connectivity index (χ2n) is 9.80. The Hall–Kier alpha value is -3.95. The molecular weight excluding hydrogens is 464 g/mol. The molecule has 0 heterocycles. The first kappa shape index (κ1) is 23.8. The number of rotatable bonds is 3. The number of nitrogens with zero attached hydrogens (tertiary/aromatic N) is 1. The van der Waals surface area contributed by atoms with Crippen LogP contribution in [0.1, 0.15) is 33.8 Å². The summed E-state index contributed by atoms with van der Waals surface area (Å²) in [4.78, 5) is 40.8. The highest BCUT2D eigenvalue weighted by Crippen LogP contribution is 2.56. The number of carbonyl (C=O) groups is 3. The summed E-state index contributed by atoms with van der Waals surface area (Å²) in [7, 11) is 3.19. The summed E-state index contributed by atoms with van der Waals surface area (Å²) in [6.07, 6.45) is 0.0149. The number of phenols is 1. The summed E-state index contributed by atoms with van der Waals surface area (Å²) >= 11 is 0. The fraction of sp³-hybridized carbons (Fsp3) is 0.296. The Labute approximate surface area is 206 Å². The normalized spacial score (nSPS) is 29.7. The molecule has 3 aliphatic rings. The quantitative estimate of drug-likeness (QED) is 0.406. The maximum Gasteiger partial charge on any atom is 0.255 e. The smallest absolute Gasteiger partial charge is 0.255 e. The molecule has 0 aliphatic heterocycles. The summed E-state index contributed by atoms with van der Waals surface area (Å²) in [5, 5.41) is 44.8. The molecule has 0 saturated carbocycles. The van der Waals surface area contributed by atoms with Crippen LogP contribution in [0.25, 0.3) is 0 Å². The van der Waals surface area contributed by atoms with Crippen LogP contribution in [-0.2, 0) is 9.59 Å². The minimum absolute atomic E-state index is 0.0149. The van der Waals surface area contributed by atoms with E-state index in [1.54, 1.807) is 26.2 Å². The molecule has 3 aliphatic carbocycles. The average molecular weight is 491 g/mol. The van der Waals surface area contributed by atoms with E-state index in [0.717, 1.165) is 5.56 Å².